The van der Waals surface area contributed by atoms with Gasteiger partial charge < -0.3 is 5.32 Å². The van der Waals surface area contributed by atoms with Gasteiger partial charge in [0.1, 0.15) is 0 Å². The second-order valence-electron chi connectivity index (χ2n) is 4.71. The highest BCUT2D eigenvalue weighted by Gasteiger charge is 2.14. The van der Waals surface area contributed by atoms with Crippen LogP contribution in [0.1, 0.15) is 47.5 Å². The molecule has 0 aliphatic heterocycles. The van der Waals surface area contributed by atoms with Crippen molar-refractivity contribution in [3.63, 3.8) is 0 Å². The van der Waals surface area contributed by atoms with E-state index in [1.165, 1.54) is 6.42 Å². The summed E-state index contributed by atoms with van der Waals surface area (Å²) < 4.78 is 0.353. The Hall–Kier alpha value is -0.130. The van der Waals surface area contributed by atoms with Crippen LogP contribution in [-0.4, -0.2) is 23.1 Å². The Kier molecular flexibility index (Phi) is 8.00. The summed E-state index contributed by atoms with van der Waals surface area (Å²) in [5.74, 6) is 7.29. The summed E-state index contributed by atoms with van der Waals surface area (Å²) in [6, 6.07) is 0.543. The molecule has 0 aromatic rings. The smallest absolute Gasteiger partial charge is 0.0267 e. The molecule has 0 bridgehead atoms. The van der Waals surface area contributed by atoms with E-state index in [-0.39, 0.29) is 0 Å². The molecule has 0 amide bonds. The molecule has 15 heavy (non-hydrogen) atoms. The van der Waals surface area contributed by atoms with E-state index in [0.29, 0.717) is 10.8 Å². The molecular weight excluding hydrogens is 202 g/mol. The summed E-state index contributed by atoms with van der Waals surface area (Å²) in [6.45, 7) is 12.0. The van der Waals surface area contributed by atoms with Gasteiger partial charge in [0.05, 0.1) is 0 Å². The molecule has 2 heteroatoms. The lowest BCUT2D eigenvalue weighted by molar-refractivity contribution is 0.561. The Labute approximate surface area is 99.8 Å². The number of nitrogens with one attached hydrogen (secondary N) is 1. The summed E-state index contributed by atoms with van der Waals surface area (Å²) in [6.07, 6.45) is 2.16. The molecule has 0 aromatic heterocycles. The molecule has 88 valence electrons. The fraction of sp³-hybridized carbons (Fsp3) is 0.846. The lowest BCUT2D eigenvalue weighted by Gasteiger charge is -2.22. The molecule has 0 aromatic carbocycles. The maximum atomic E-state index is 3.55. The molecule has 0 spiro atoms. The van der Waals surface area contributed by atoms with E-state index in [9.17, 15) is 0 Å². The number of hydrogen-bond donors (Lipinski definition) is 1. The highest BCUT2D eigenvalue weighted by Crippen LogP contribution is 2.24. The number of hydrogen-bond acceptors (Lipinski definition) is 2. The highest BCUT2D eigenvalue weighted by atomic mass is 32.2. The Morgan fingerprint density at radius 3 is 2.47 bits per heavy atom. The van der Waals surface area contributed by atoms with Crippen LogP contribution in [0.25, 0.3) is 0 Å². The van der Waals surface area contributed by atoms with E-state index >= 15 is 0 Å². The Morgan fingerprint density at radius 1 is 1.33 bits per heavy atom. The minimum Gasteiger partial charge on any atom is -0.312 e. The Balaban J connectivity index is 3.92. The molecule has 0 heterocycles. The van der Waals surface area contributed by atoms with Gasteiger partial charge in [0, 0.05) is 23.0 Å². The van der Waals surface area contributed by atoms with Gasteiger partial charge in [-0.3, -0.25) is 0 Å². The topological polar surface area (TPSA) is 12.0 Å². The lowest BCUT2D eigenvalue weighted by atomic mass is 10.2. The van der Waals surface area contributed by atoms with E-state index in [2.05, 4.69) is 44.9 Å². The maximum Gasteiger partial charge on any atom is 0.0267 e. The zero-order valence-electron chi connectivity index (χ0n) is 10.8. The maximum absolute atomic E-state index is 3.55. The van der Waals surface area contributed by atoms with Gasteiger partial charge in [-0.05, 0) is 19.9 Å². The molecule has 0 saturated carbocycles. The molecule has 1 unspecified atom stereocenters. The first-order valence-corrected chi connectivity index (χ1v) is 6.75. The molecular formula is C13H25NS. The van der Waals surface area contributed by atoms with E-state index in [0.717, 1.165) is 18.7 Å². The predicted octanol–water partition coefficient (Wildman–Crippen LogP) is 3.30. The zero-order chi connectivity index (χ0) is 11.7. The third kappa shape index (κ3) is 10.2. The van der Waals surface area contributed by atoms with Crippen molar-refractivity contribution >= 4 is 11.8 Å². The minimum absolute atomic E-state index is 0.353. The van der Waals surface area contributed by atoms with Gasteiger partial charge in [-0.2, -0.15) is 11.8 Å². The normalized spacial score (nSPS) is 13.1. The van der Waals surface area contributed by atoms with Crippen LogP contribution in [0.15, 0.2) is 0 Å². The van der Waals surface area contributed by atoms with Gasteiger partial charge in [0.15, 0.2) is 0 Å². The van der Waals surface area contributed by atoms with Crippen molar-refractivity contribution in [2.45, 2.75) is 58.2 Å². The van der Waals surface area contributed by atoms with Crippen LogP contribution in [0.3, 0.4) is 0 Å². The molecule has 0 saturated heterocycles. The summed E-state index contributed by atoms with van der Waals surface area (Å²) in [5, 5.41) is 3.55. The summed E-state index contributed by atoms with van der Waals surface area (Å²) in [7, 11) is 0. The van der Waals surface area contributed by atoms with Crippen LogP contribution < -0.4 is 5.32 Å². The molecule has 0 fully saturated rings. The van der Waals surface area contributed by atoms with Crippen LogP contribution in [0.4, 0.5) is 0 Å². The van der Waals surface area contributed by atoms with Crippen molar-refractivity contribution in [3.05, 3.63) is 0 Å². The number of rotatable bonds is 6. The molecule has 1 nitrogen and oxygen atoms in total. The Bertz CT molecular complexity index is 207. The van der Waals surface area contributed by atoms with Gasteiger partial charge >= 0.3 is 0 Å². The second kappa shape index (κ2) is 8.07. The van der Waals surface area contributed by atoms with E-state index in [4.69, 9.17) is 0 Å². The third-order valence-electron chi connectivity index (χ3n) is 1.93. The molecule has 0 rings (SSSR count). The van der Waals surface area contributed by atoms with Crippen molar-refractivity contribution < 1.29 is 0 Å². The fourth-order valence-electron chi connectivity index (χ4n) is 1.11. The van der Waals surface area contributed by atoms with E-state index in [1.807, 2.05) is 18.7 Å². The SMILES string of the molecule is CC#CCC(CSC(C)(C)C)NCCC. The highest BCUT2D eigenvalue weighted by molar-refractivity contribution is 8.00. The van der Waals surface area contributed by atoms with Crippen molar-refractivity contribution in [2.24, 2.45) is 0 Å². The monoisotopic (exact) mass is 227 g/mol. The summed E-state index contributed by atoms with van der Waals surface area (Å²) in [4.78, 5) is 0. The zero-order valence-corrected chi connectivity index (χ0v) is 11.6. The average Bonchev–Trinajstić information content (AvgIpc) is 2.15. The molecule has 0 aliphatic rings. The van der Waals surface area contributed by atoms with E-state index in [1.54, 1.807) is 0 Å². The largest absolute Gasteiger partial charge is 0.312 e. The predicted molar refractivity (Wildman–Crippen MR) is 72.4 cm³/mol. The van der Waals surface area contributed by atoms with Gasteiger partial charge in [-0.1, -0.05) is 27.7 Å². The summed E-state index contributed by atoms with van der Waals surface area (Å²) in [5.41, 5.74) is 0. The fourth-order valence-corrected chi connectivity index (χ4v) is 2.05. The van der Waals surface area contributed by atoms with Crippen molar-refractivity contribution in [1.29, 1.82) is 0 Å². The van der Waals surface area contributed by atoms with Gasteiger partial charge in [0.2, 0.25) is 0 Å². The molecule has 0 radical (unpaired) electrons. The quantitative estimate of drug-likeness (QED) is 0.699. The third-order valence-corrected chi connectivity index (χ3v) is 3.36. The standard InChI is InChI=1S/C13H25NS/c1-6-8-9-12(14-10-7-2)11-15-13(3,4)5/h12,14H,7,9-11H2,1-5H3. The lowest BCUT2D eigenvalue weighted by Crippen LogP contribution is -2.33. The van der Waals surface area contributed by atoms with Crippen LogP contribution in [0, 0.1) is 11.8 Å². The minimum atomic E-state index is 0.353. The van der Waals surface area contributed by atoms with Crippen LogP contribution in [-0.2, 0) is 0 Å². The van der Waals surface area contributed by atoms with Gasteiger partial charge in [-0.15, -0.1) is 11.8 Å². The first kappa shape index (κ1) is 14.9. The van der Waals surface area contributed by atoms with Crippen LogP contribution in [0.2, 0.25) is 0 Å². The van der Waals surface area contributed by atoms with Gasteiger partial charge in [0.25, 0.3) is 0 Å². The Morgan fingerprint density at radius 2 is 2.00 bits per heavy atom. The van der Waals surface area contributed by atoms with Crippen LogP contribution >= 0.6 is 11.8 Å². The van der Waals surface area contributed by atoms with Crippen molar-refractivity contribution in [3.8, 4) is 11.8 Å². The summed E-state index contributed by atoms with van der Waals surface area (Å²) >= 11 is 2.01. The van der Waals surface area contributed by atoms with Crippen molar-refractivity contribution in [2.75, 3.05) is 12.3 Å². The van der Waals surface area contributed by atoms with E-state index < -0.39 is 0 Å². The number of thioether (sulfide) groups is 1. The van der Waals surface area contributed by atoms with Crippen molar-refractivity contribution in [1.82, 2.24) is 5.32 Å². The molecule has 1 N–H and O–H groups in total. The molecule has 1 atom stereocenters. The average molecular weight is 227 g/mol. The first-order chi connectivity index (χ1) is 6.99. The molecule has 0 aliphatic carbocycles. The van der Waals surface area contributed by atoms with Crippen LogP contribution in [0.5, 0.6) is 0 Å². The second-order valence-corrected chi connectivity index (χ2v) is 6.55. The van der Waals surface area contributed by atoms with Gasteiger partial charge in [-0.25, -0.2) is 0 Å². The first-order valence-electron chi connectivity index (χ1n) is 5.76.